The quantitative estimate of drug-likeness (QED) is 0.695. The van der Waals surface area contributed by atoms with Crippen LogP contribution in [0.1, 0.15) is 16.1 Å². The fourth-order valence-corrected chi connectivity index (χ4v) is 3.30. The molecule has 25 heavy (non-hydrogen) atoms. The second kappa shape index (κ2) is 7.90. The van der Waals surface area contributed by atoms with E-state index in [9.17, 15) is 0 Å². The summed E-state index contributed by atoms with van der Waals surface area (Å²) in [6.07, 6.45) is 0.760. The summed E-state index contributed by atoms with van der Waals surface area (Å²) in [6.45, 7) is 0.367. The minimum absolute atomic E-state index is 0.367. The third-order valence-electron chi connectivity index (χ3n) is 3.74. The number of nitrogen functional groups attached to an aromatic ring is 1. The van der Waals surface area contributed by atoms with Gasteiger partial charge in [-0.05, 0) is 29.8 Å². The molecule has 3 rings (SSSR count). The maximum atomic E-state index is 5.91. The molecule has 0 radical (unpaired) electrons. The Morgan fingerprint density at radius 2 is 1.68 bits per heavy atom. The number of benzene rings is 2. The molecule has 0 aliphatic heterocycles. The Hall–Kier alpha value is -2.73. The molecule has 5 nitrogen and oxygen atoms in total. The molecule has 0 bridgehead atoms. The highest BCUT2D eigenvalue weighted by Gasteiger charge is 2.12. The first-order chi connectivity index (χ1) is 12.2. The van der Waals surface area contributed by atoms with Gasteiger partial charge in [-0.15, -0.1) is 11.3 Å². The number of nitrogens with two attached hydrogens (primary N) is 1. The highest BCUT2D eigenvalue weighted by molar-refractivity contribution is 7.15. The summed E-state index contributed by atoms with van der Waals surface area (Å²) in [4.78, 5) is 5.52. The van der Waals surface area contributed by atoms with Crippen LogP contribution in [0.25, 0.3) is 0 Å². The largest absolute Gasteiger partial charge is 0.497 e. The summed E-state index contributed by atoms with van der Waals surface area (Å²) in [5.74, 6) is 2.34. The van der Waals surface area contributed by atoms with Gasteiger partial charge in [-0.3, -0.25) is 0 Å². The highest BCUT2D eigenvalue weighted by atomic mass is 32.1. The van der Waals surface area contributed by atoms with E-state index >= 15 is 0 Å². The van der Waals surface area contributed by atoms with Crippen molar-refractivity contribution in [3.05, 3.63) is 64.7 Å². The van der Waals surface area contributed by atoms with Crippen LogP contribution >= 0.6 is 11.3 Å². The van der Waals surface area contributed by atoms with Gasteiger partial charge < -0.3 is 19.9 Å². The molecule has 0 saturated heterocycles. The molecule has 0 spiro atoms. The Bertz CT molecular complexity index is 831. The van der Waals surface area contributed by atoms with E-state index in [1.807, 2.05) is 48.5 Å². The number of aromatic nitrogens is 1. The fraction of sp³-hybridized carbons (Fsp3) is 0.211. The van der Waals surface area contributed by atoms with Crippen LogP contribution in [0.3, 0.4) is 0 Å². The number of hydrogen-bond donors (Lipinski definition) is 1. The lowest BCUT2D eigenvalue weighted by Crippen LogP contribution is -2.00. The van der Waals surface area contributed by atoms with Crippen molar-refractivity contribution in [1.82, 2.24) is 4.98 Å². The van der Waals surface area contributed by atoms with Crippen LogP contribution in [0.15, 0.2) is 48.5 Å². The molecular weight excluding hydrogens is 336 g/mol. The van der Waals surface area contributed by atoms with Gasteiger partial charge in [0, 0.05) is 17.4 Å². The molecule has 0 aliphatic carbocycles. The normalized spacial score (nSPS) is 10.5. The molecule has 0 amide bonds. The highest BCUT2D eigenvalue weighted by Crippen LogP contribution is 2.26. The van der Waals surface area contributed by atoms with Gasteiger partial charge in [-0.1, -0.05) is 18.2 Å². The Labute approximate surface area is 151 Å². The Kier molecular flexibility index (Phi) is 5.40. The molecule has 0 fully saturated rings. The molecule has 6 heteroatoms. The third-order valence-corrected chi connectivity index (χ3v) is 4.66. The zero-order valence-electron chi connectivity index (χ0n) is 14.2. The maximum Gasteiger partial charge on any atom is 0.180 e. The third kappa shape index (κ3) is 4.42. The predicted molar refractivity (Wildman–Crippen MR) is 99.7 cm³/mol. The molecule has 1 heterocycles. The number of hydrogen-bond acceptors (Lipinski definition) is 6. The summed E-state index contributed by atoms with van der Waals surface area (Å²) >= 11 is 1.49. The lowest BCUT2D eigenvalue weighted by molar-refractivity contribution is 0.299. The SMILES string of the molecule is COc1ccc(Cc2sc(N)nc2COc2cccc(OC)c2)cc1. The summed E-state index contributed by atoms with van der Waals surface area (Å²) < 4.78 is 16.3. The van der Waals surface area contributed by atoms with E-state index in [1.165, 1.54) is 16.9 Å². The maximum absolute atomic E-state index is 5.91. The number of nitrogens with zero attached hydrogens (tertiary/aromatic N) is 1. The minimum Gasteiger partial charge on any atom is -0.497 e. The van der Waals surface area contributed by atoms with E-state index in [2.05, 4.69) is 4.98 Å². The zero-order chi connectivity index (χ0) is 17.6. The van der Waals surface area contributed by atoms with Crippen LogP contribution in [0, 0.1) is 0 Å². The average Bonchev–Trinajstić information content (AvgIpc) is 3.00. The van der Waals surface area contributed by atoms with E-state index in [0.717, 1.165) is 34.2 Å². The number of ether oxygens (including phenoxy) is 3. The summed E-state index contributed by atoms with van der Waals surface area (Å²) in [5, 5.41) is 0.549. The van der Waals surface area contributed by atoms with Crippen LogP contribution in [-0.4, -0.2) is 19.2 Å². The number of thiazole rings is 1. The standard InChI is InChI=1S/C19H20N2O3S/c1-22-14-8-6-13(7-9-14)10-18-17(21-19(20)25-18)12-24-16-5-3-4-15(11-16)23-2/h3-9,11H,10,12H2,1-2H3,(H2,20,21). The van der Waals surface area contributed by atoms with Crippen LogP contribution in [0.4, 0.5) is 5.13 Å². The molecule has 3 aromatic rings. The van der Waals surface area contributed by atoms with E-state index in [4.69, 9.17) is 19.9 Å². The van der Waals surface area contributed by atoms with Crippen LogP contribution in [0.2, 0.25) is 0 Å². The second-order valence-corrected chi connectivity index (χ2v) is 6.53. The minimum atomic E-state index is 0.367. The van der Waals surface area contributed by atoms with Crippen molar-refractivity contribution in [3.8, 4) is 17.2 Å². The molecule has 0 saturated carbocycles. The van der Waals surface area contributed by atoms with Crippen LogP contribution in [0.5, 0.6) is 17.2 Å². The Morgan fingerprint density at radius 3 is 2.40 bits per heavy atom. The van der Waals surface area contributed by atoms with Gasteiger partial charge in [0.2, 0.25) is 0 Å². The Balaban J connectivity index is 1.71. The van der Waals surface area contributed by atoms with Gasteiger partial charge in [0.05, 0.1) is 19.9 Å². The Morgan fingerprint density at radius 1 is 0.960 bits per heavy atom. The molecule has 0 atom stereocenters. The van der Waals surface area contributed by atoms with Crippen LogP contribution in [-0.2, 0) is 13.0 Å². The van der Waals surface area contributed by atoms with Gasteiger partial charge in [-0.25, -0.2) is 4.98 Å². The van der Waals surface area contributed by atoms with Gasteiger partial charge >= 0.3 is 0 Å². The molecule has 1 aromatic heterocycles. The van der Waals surface area contributed by atoms with Crippen molar-refractivity contribution in [2.45, 2.75) is 13.0 Å². The van der Waals surface area contributed by atoms with E-state index in [1.54, 1.807) is 14.2 Å². The molecule has 0 unspecified atom stereocenters. The molecule has 130 valence electrons. The first-order valence-corrected chi connectivity index (χ1v) is 8.63. The van der Waals surface area contributed by atoms with Crippen molar-refractivity contribution in [2.24, 2.45) is 0 Å². The summed E-state index contributed by atoms with van der Waals surface area (Å²) in [7, 11) is 3.29. The second-order valence-electron chi connectivity index (χ2n) is 5.41. The molecule has 2 N–H and O–H groups in total. The predicted octanol–water partition coefficient (Wildman–Crippen LogP) is 3.91. The molecular formula is C19H20N2O3S. The monoisotopic (exact) mass is 356 g/mol. The van der Waals surface area contributed by atoms with Gasteiger partial charge in [0.1, 0.15) is 23.9 Å². The summed E-state index contributed by atoms with van der Waals surface area (Å²) in [6, 6.07) is 15.5. The smallest absolute Gasteiger partial charge is 0.180 e. The van der Waals surface area contributed by atoms with E-state index in [-0.39, 0.29) is 0 Å². The van der Waals surface area contributed by atoms with Gasteiger partial charge in [0.25, 0.3) is 0 Å². The number of methoxy groups -OCH3 is 2. The summed E-state index contributed by atoms with van der Waals surface area (Å²) in [5.41, 5.74) is 7.94. The van der Waals surface area contributed by atoms with Crippen LogP contribution < -0.4 is 19.9 Å². The van der Waals surface area contributed by atoms with Gasteiger partial charge in [-0.2, -0.15) is 0 Å². The molecule has 2 aromatic carbocycles. The van der Waals surface area contributed by atoms with Crippen molar-refractivity contribution in [1.29, 1.82) is 0 Å². The van der Waals surface area contributed by atoms with Crippen molar-refractivity contribution < 1.29 is 14.2 Å². The zero-order valence-corrected chi connectivity index (χ0v) is 15.0. The van der Waals surface area contributed by atoms with E-state index < -0.39 is 0 Å². The lowest BCUT2D eigenvalue weighted by atomic mass is 10.1. The number of anilines is 1. The molecule has 0 aliphatic rings. The fourth-order valence-electron chi connectivity index (χ4n) is 2.43. The van der Waals surface area contributed by atoms with Crippen molar-refractivity contribution in [2.75, 3.05) is 20.0 Å². The van der Waals surface area contributed by atoms with Crippen molar-refractivity contribution in [3.63, 3.8) is 0 Å². The average molecular weight is 356 g/mol. The van der Waals surface area contributed by atoms with E-state index in [0.29, 0.717) is 11.7 Å². The number of rotatable bonds is 7. The van der Waals surface area contributed by atoms with Crippen molar-refractivity contribution >= 4 is 16.5 Å². The first kappa shape index (κ1) is 17.1. The topological polar surface area (TPSA) is 66.6 Å². The van der Waals surface area contributed by atoms with Gasteiger partial charge in [0.15, 0.2) is 5.13 Å². The first-order valence-electron chi connectivity index (χ1n) is 7.82. The lowest BCUT2D eigenvalue weighted by Gasteiger charge is -2.08.